The fraction of sp³-hybridized carbons (Fsp3) is 0.579. The molecule has 3 rings (SSSR count). The van der Waals surface area contributed by atoms with Gasteiger partial charge in [0.2, 0.25) is 11.9 Å². The minimum atomic E-state index is 0.123. The van der Waals surface area contributed by atoms with Gasteiger partial charge in [-0.05, 0) is 46.0 Å². The SMILES string of the molecule is CCn1c(N2CCC(C(=O)NCCN(C)C)CC2)nc2ccccc21. The molecule has 0 aliphatic carbocycles. The second-order valence-electron chi connectivity index (χ2n) is 7.00. The summed E-state index contributed by atoms with van der Waals surface area (Å²) in [6.07, 6.45) is 1.78. The van der Waals surface area contributed by atoms with Gasteiger partial charge in [0.25, 0.3) is 0 Å². The Kier molecular flexibility index (Phi) is 5.58. The van der Waals surface area contributed by atoms with Crippen LogP contribution >= 0.6 is 0 Å². The number of anilines is 1. The van der Waals surface area contributed by atoms with E-state index in [0.29, 0.717) is 0 Å². The summed E-state index contributed by atoms with van der Waals surface area (Å²) in [5.41, 5.74) is 2.23. The van der Waals surface area contributed by atoms with Gasteiger partial charge in [-0.2, -0.15) is 0 Å². The highest BCUT2D eigenvalue weighted by Gasteiger charge is 2.27. The van der Waals surface area contributed by atoms with Crippen molar-refractivity contribution in [1.82, 2.24) is 19.8 Å². The van der Waals surface area contributed by atoms with Crippen LogP contribution in [0.5, 0.6) is 0 Å². The topological polar surface area (TPSA) is 53.4 Å². The van der Waals surface area contributed by atoms with E-state index >= 15 is 0 Å². The Morgan fingerprint density at radius 1 is 1.28 bits per heavy atom. The highest BCUT2D eigenvalue weighted by molar-refractivity contribution is 5.80. The number of nitrogens with one attached hydrogen (secondary N) is 1. The molecule has 0 bridgehead atoms. The molecular formula is C19H29N5O. The number of hydrogen-bond donors (Lipinski definition) is 1. The number of amides is 1. The maximum Gasteiger partial charge on any atom is 0.223 e. The van der Waals surface area contributed by atoms with Crippen molar-refractivity contribution in [3.05, 3.63) is 24.3 Å². The molecule has 1 saturated heterocycles. The Morgan fingerprint density at radius 3 is 2.68 bits per heavy atom. The summed E-state index contributed by atoms with van der Waals surface area (Å²) in [6, 6.07) is 8.28. The Balaban J connectivity index is 1.62. The number of para-hydroxylation sites is 2. The first-order valence-electron chi connectivity index (χ1n) is 9.22. The molecule has 1 aromatic carbocycles. The maximum atomic E-state index is 12.3. The number of piperidine rings is 1. The van der Waals surface area contributed by atoms with Crippen LogP contribution < -0.4 is 10.2 Å². The predicted octanol–water partition coefficient (Wildman–Crippen LogP) is 1.95. The minimum Gasteiger partial charge on any atom is -0.355 e. The molecule has 0 atom stereocenters. The molecule has 1 fully saturated rings. The summed E-state index contributed by atoms with van der Waals surface area (Å²) in [7, 11) is 4.04. The number of aryl methyl sites for hydroxylation is 1. The fourth-order valence-electron chi connectivity index (χ4n) is 3.50. The van der Waals surface area contributed by atoms with Gasteiger partial charge in [0.1, 0.15) is 0 Å². The van der Waals surface area contributed by atoms with Crippen molar-refractivity contribution in [3.8, 4) is 0 Å². The van der Waals surface area contributed by atoms with Gasteiger partial charge < -0.3 is 19.7 Å². The molecule has 25 heavy (non-hydrogen) atoms. The maximum absolute atomic E-state index is 12.3. The van der Waals surface area contributed by atoms with E-state index in [9.17, 15) is 4.79 Å². The third-order valence-electron chi connectivity index (χ3n) is 4.96. The van der Waals surface area contributed by atoms with Gasteiger partial charge in [-0.15, -0.1) is 0 Å². The van der Waals surface area contributed by atoms with Crippen molar-refractivity contribution in [3.63, 3.8) is 0 Å². The largest absolute Gasteiger partial charge is 0.355 e. The number of nitrogens with zero attached hydrogens (tertiary/aromatic N) is 4. The summed E-state index contributed by atoms with van der Waals surface area (Å²) in [4.78, 5) is 21.6. The smallest absolute Gasteiger partial charge is 0.223 e. The van der Waals surface area contributed by atoms with E-state index in [0.717, 1.165) is 57.0 Å². The zero-order valence-corrected chi connectivity index (χ0v) is 15.5. The number of hydrogen-bond acceptors (Lipinski definition) is 4. The Hall–Kier alpha value is -2.08. The van der Waals surface area contributed by atoms with Crippen LogP contribution in [0.4, 0.5) is 5.95 Å². The Bertz CT molecular complexity index is 716. The average Bonchev–Trinajstić information content (AvgIpc) is 3.00. The average molecular weight is 343 g/mol. The van der Waals surface area contributed by atoms with Crippen molar-refractivity contribution in [2.45, 2.75) is 26.3 Å². The van der Waals surface area contributed by atoms with E-state index in [4.69, 9.17) is 4.98 Å². The molecule has 1 amide bonds. The molecule has 6 heteroatoms. The summed E-state index contributed by atoms with van der Waals surface area (Å²) in [6.45, 7) is 6.43. The molecule has 1 aliphatic heterocycles. The lowest BCUT2D eigenvalue weighted by Crippen LogP contribution is -2.42. The number of likely N-dealkylation sites (N-methyl/N-ethyl adjacent to an activating group) is 1. The molecule has 0 unspecified atom stereocenters. The molecule has 1 aromatic heterocycles. The standard InChI is InChI=1S/C19H29N5O/c1-4-24-17-8-6-5-7-16(17)21-19(24)23-12-9-15(10-13-23)18(25)20-11-14-22(2)3/h5-8,15H,4,9-14H2,1-3H3,(H,20,25). The van der Waals surface area contributed by atoms with Gasteiger partial charge in [-0.3, -0.25) is 4.79 Å². The summed E-state index contributed by atoms with van der Waals surface area (Å²) >= 11 is 0. The quantitative estimate of drug-likeness (QED) is 0.871. The zero-order valence-electron chi connectivity index (χ0n) is 15.5. The number of rotatable bonds is 6. The lowest BCUT2D eigenvalue weighted by atomic mass is 9.96. The van der Waals surface area contributed by atoms with Gasteiger partial charge in [0, 0.05) is 38.6 Å². The molecule has 6 nitrogen and oxygen atoms in total. The third-order valence-corrected chi connectivity index (χ3v) is 4.96. The van der Waals surface area contributed by atoms with Gasteiger partial charge >= 0.3 is 0 Å². The monoisotopic (exact) mass is 343 g/mol. The Labute approximate surface area is 149 Å². The molecule has 0 radical (unpaired) electrons. The van der Waals surface area contributed by atoms with E-state index in [1.54, 1.807) is 0 Å². The second kappa shape index (κ2) is 7.87. The molecule has 1 aliphatic rings. The van der Waals surface area contributed by atoms with E-state index in [-0.39, 0.29) is 11.8 Å². The van der Waals surface area contributed by atoms with Crippen molar-refractivity contribution in [2.75, 3.05) is 45.2 Å². The van der Waals surface area contributed by atoms with Crippen molar-refractivity contribution < 1.29 is 4.79 Å². The predicted molar refractivity (Wildman–Crippen MR) is 102 cm³/mol. The fourth-order valence-corrected chi connectivity index (χ4v) is 3.50. The van der Waals surface area contributed by atoms with Crippen LogP contribution in [0.15, 0.2) is 24.3 Å². The molecule has 0 spiro atoms. The molecule has 0 saturated carbocycles. The first kappa shape index (κ1) is 17.7. The van der Waals surface area contributed by atoms with Crippen LogP contribution in [0, 0.1) is 5.92 Å². The van der Waals surface area contributed by atoms with Crippen LogP contribution in [-0.4, -0.2) is 60.6 Å². The van der Waals surface area contributed by atoms with Crippen LogP contribution in [-0.2, 0) is 11.3 Å². The first-order chi connectivity index (χ1) is 12.1. The highest BCUT2D eigenvalue weighted by atomic mass is 16.1. The number of benzene rings is 1. The molecule has 2 heterocycles. The summed E-state index contributed by atoms with van der Waals surface area (Å²) in [5.74, 6) is 1.36. The van der Waals surface area contributed by atoms with Crippen LogP contribution in [0.25, 0.3) is 11.0 Å². The third kappa shape index (κ3) is 3.95. The number of imidazole rings is 1. The van der Waals surface area contributed by atoms with Crippen LogP contribution in [0.3, 0.4) is 0 Å². The minimum absolute atomic E-state index is 0.123. The van der Waals surface area contributed by atoms with E-state index in [1.807, 2.05) is 20.2 Å². The number of fused-ring (bicyclic) bond motifs is 1. The molecular weight excluding hydrogens is 314 g/mol. The molecule has 1 N–H and O–H groups in total. The summed E-state index contributed by atoms with van der Waals surface area (Å²) in [5, 5.41) is 3.06. The number of aromatic nitrogens is 2. The summed E-state index contributed by atoms with van der Waals surface area (Å²) < 4.78 is 2.27. The van der Waals surface area contributed by atoms with Crippen molar-refractivity contribution in [1.29, 1.82) is 0 Å². The first-order valence-corrected chi connectivity index (χ1v) is 9.22. The van der Waals surface area contributed by atoms with Crippen LogP contribution in [0.1, 0.15) is 19.8 Å². The van der Waals surface area contributed by atoms with E-state index in [1.165, 1.54) is 5.52 Å². The van der Waals surface area contributed by atoms with Gasteiger partial charge in [-0.1, -0.05) is 12.1 Å². The normalized spacial score (nSPS) is 15.9. The van der Waals surface area contributed by atoms with Crippen LogP contribution in [0.2, 0.25) is 0 Å². The zero-order chi connectivity index (χ0) is 17.8. The van der Waals surface area contributed by atoms with E-state index < -0.39 is 0 Å². The molecule has 2 aromatic rings. The lowest BCUT2D eigenvalue weighted by molar-refractivity contribution is -0.125. The second-order valence-corrected chi connectivity index (χ2v) is 7.00. The van der Waals surface area contributed by atoms with Crippen molar-refractivity contribution >= 4 is 22.9 Å². The lowest BCUT2D eigenvalue weighted by Gasteiger charge is -2.32. The number of carbonyl (C=O) groups excluding carboxylic acids is 1. The van der Waals surface area contributed by atoms with E-state index in [2.05, 4.69) is 44.8 Å². The van der Waals surface area contributed by atoms with Crippen molar-refractivity contribution in [2.24, 2.45) is 5.92 Å². The number of carbonyl (C=O) groups is 1. The van der Waals surface area contributed by atoms with Gasteiger partial charge in [0.05, 0.1) is 11.0 Å². The van der Waals surface area contributed by atoms with Gasteiger partial charge in [-0.25, -0.2) is 4.98 Å². The molecule has 136 valence electrons. The van der Waals surface area contributed by atoms with Gasteiger partial charge in [0.15, 0.2) is 0 Å². The highest BCUT2D eigenvalue weighted by Crippen LogP contribution is 2.26. The Morgan fingerprint density at radius 2 is 2.00 bits per heavy atom.